The minimum absolute atomic E-state index is 0.242. The Morgan fingerprint density at radius 2 is 2.26 bits per heavy atom. The van der Waals surface area contributed by atoms with Gasteiger partial charge in [0.1, 0.15) is 5.75 Å². The van der Waals surface area contributed by atoms with Crippen molar-refractivity contribution in [1.29, 1.82) is 0 Å². The predicted octanol–water partition coefficient (Wildman–Crippen LogP) is 3.35. The molecule has 1 heterocycles. The Hall–Kier alpha value is -1.39. The summed E-state index contributed by atoms with van der Waals surface area (Å²) in [5.41, 5.74) is 2.41. The van der Waals surface area contributed by atoms with Crippen molar-refractivity contribution in [3.63, 3.8) is 0 Å². The second-order valence-corrected chi connectivity index (χ2v) is 5.46. The van der Waals surface area contributed by atoms with Gasteiger partial charge in [-0.05, 0) is 25.1 Å². The summed E-state index contributed by atoms with van der Waals surface area (Å²) in [5, 5.41) is 6.68. The highest BCUT2D eigenvalue weighted by atomic mass is 32.1. The molecule has 0 saturated heterocycles. The van der Waals surface area contributed by atoms with Gasteiger partial charge in [-0.3, -0.25) is 0 Å². The molecule has 0 bridgehead atoms. The summed E-state index contributed by atoms with van der Waals surface area (Å²) in [7, 11) is 1.73. The zero-order valence-electron chi connectivity index (χ0n) is 11.6. The average Bonchev–Trinajstić information content (AvgIpc) is 2.91. The number of hydrogen-bond donors (Lipinski definition) is 1. The maximum Gasteiger partial charge on any atom is 0.123 e. The minimum Gasteiger partial charge on any atom is -0.496 e. The monoisotopic (exact) mass is 276 g/mol. The van der Waals surface area contributed by atoms with Crippen molar-refractivity contribution < 1.29 is 4.74 Å². The van der Waals surface area contributed by atoms with Crippen molar-refractivity contribution >= 4 is 11.3 Å². The van der Waals surface area contributed by atoms with Gasteiger partial charge in [0, 0.05) is 29.6 Å². The topological polar surface area (TPSA) is 34.2 Å². The maximum atomic E-state index is 5.52. The van der Waals surface area contributed by atoms with Gasteiger partial charge in [0.05, 0.1) is 12.1 Å². The van der Waals surface area contributed by atoms with Gasteiger partial charge in [-0.2, -0.15) is 0 Å². The number of nitrogens with one attached hydrogen (secondary N) is 1. The molecule has 3 nitrogen and oxygen atoms in total. The van der Waals surface area contributed by atoms with E-state index in [2.05, 4.69) is 42.3 Å². The predicted molar refractivity (Wildman–Crippen MR) is 80.0 cm³/mol. The lowest BCUT2D eigenvalue weighted by Gasteiger charge is -2.20. The van der Waals surface area contributed by atoms with Gasteiger partial charge < -0.3 is 10.1 Å². The Bertz CT molecular complexity index is 511. The van der Waals surface area contributed by atoms with E-state index in [4.69, 9.17) is 4.74 Å². The first kappa shape index (κ1) is 14.0. The lowest BCUT2D eigenvalue weighted by atomic mass is 10.0. The highest BCUT2D eigenvalue weighted by Crippen LogP contribution is 2.29. The molecule has 0 aliphatic heterocycles. The van der Waals surface area contributed by atoms with Gasteiger partial charge in [-0.1, -0.05) is 19.1 Å². The van der Waals surface area contributed by atoms with Crippen LogP contribution >= 0.6 is 11.3 Å². The third-order valence-corrected chi connectivity index (χ3v) is 3.88. The molecule has 0 fully saturated rings. The number of benzene rings is 1. The van der Waals surface area contributed by atoms with E-state index in [-0.39, 0.29) is 6.04 Å². The molecule has 1 aromatic carbocycles. The van der Waals surface area contributed by atoms with Crippen molar-refractivity contribution in [2.45, 2.75) is 26.3 Å². The average molecular weight is 276 g/mol. The molecule has 1 unspecified atom stereocenters. The number of nitrogens with zero attached hydrogens (tertiary/aromatic N) is 1. The number of aromatic nitrogens is 1. The fourth-order valence-corrected chi connectivity index (χ4v) is 2.84. The molecule has 2 rings (SSSR count). The van der Waals surface area contributed by atoms with Crippen LogP contribution in [0, 0.1) is 6.92 Å². The van der Waals surface area contributed by atoms with E-state index in [0.29, 0.717) is 0 Å². The lowest BCUT2D eigenvalue weighted by molar-refractivity contribution is 0.399. The molecule has 0 aliphatic carbocycles. The zero-order chi connectivity index (χ0) is 13.7. The minimum atomic E-state index is 0.242. The number of ether oxygens (including phenoxy) is 1. The summed E-state index contributed by atoms with van der Waals surface area (Å²) < 4.78 is 5.52. The van der Waals surface area contributed by atoms with Crippen molar-refractivity contribution in [3.05, 3.63) is 45.9 Å². The van der Waals surface area contributed by atoms with Crippen LogP contribution in [-0.2, 0) is 6.42 Å². The first-order chi connectivity index (χ1) is 9.24. The number of methoxy groups -OCH3 is 1. The van der Waals surface area contributed by atoms with E-state index in [1.807, 2.05) is 11.6 Å². The molecule has 0 aliphatic rings. The van der Waals surface area contributed by atoms with Crippen LogP contribution in [0.1, 0.15) is 29.1 Å². The largest absolute Gasteiger partial charge is 0.496 e. The quantitative estimate of drug-likeness (QED) is 0.878. The van der Waals surface area contributed by atoms with Crippen LogP contribution in [0.5, 0.6) is 5.75 Å². The molecule has 1 atom stereocenters. The summed E-state index contributed by atoms with van der Waals surface area (Å²) in [6.07, 6.45) is 2.75. The number of thiazole rings is 1. The van der Waals surface area contributed by atoms with E-state index in [1.165, 1.54) is 11.1 Å². The van der Waals surface area contributed by atoms with Crippen LogP contribution in [0.25, 0.3) is 0 Å². The molecule has 4 heteroatoms. The number of rotatable bonds is 6. The Labute approximate surface area is 118 Å². The van der Waals surface area contributed by atoms with E-state index in [9.17, 15) is 0 Å². The Balaban J connectivity index is 2.27. The molecule has 0 amide bonds. The summed E-state index contributed by atoms with van der Waals surface area (Å²) >= 11 is 1.70. The molecular weight excluding hydrogens is 256 g/mol. The number of likely N-dealkylation sites (N-methyl/N-ethyl adjacent to an activating group) is 1. The number of aryl methyl sites for hydroxylation is 1. The highest BCUT2D eigenvalue weighted by molar-refractivity contribution is 7.09. The molecule has 102 valence electrons. The van der Waals surface area contributed by atoms with Gasteiger partial charge in [-0.25, -0.2) is 4.98 Å². The second kappa shape index (κ2) is 6.68. The summed E-state index contributed by atoms with van der Waals surface area (Å²) in [5.74, 6) is 0.947. The molecule has 1 aromatic heterocycles. The standard InChI is InChI=1S/C15H20N2OS/c1-4-16-13(10-15-17-7-8-19-15)12-6-5-11(2)9-14(12)18-3/h5-9,13,16H,4,10H2,1-3H3. The van der Waals surface area contributed by atoms with Crippen molar-refractivity contribution in [1.82, 2.24) is 10.3 Å². The SMILES string of the molecule is CCNC(Cc1nccs1)c1ccc(C)cc1OC. The smallest absolute Gasteiger partial charge is 0.123 e. The van der Waals surface area contributed by atoms with E-state index >= 15 is 0 Å². The normalized spacial score (nSPS) is 12.4. The van der Waals surface area contributed by atoms with Gasteiger partial charge in [-0.15, -0.1) is 11.3 Å². The van der Waals surface area contributed by atoms with E-state index < -0.39 is 0 Å². The Kier molecular flexibility index (Phi) is 4.93. The van der Waals surface area contributed by atoms with Crippen molar-refractivity contribution in [3.8, 4) is 5.75 Å². The zero-order valence-corrected chi connectivity index (χ0v) is 12.5. The fraction of sp³-hybridized carbons (Fsp3) is 0.400. The van der Waals surface area contributed by atoms with E-state index in [1.54, 1.807) is 18.4 Å². The first-order valence-corrected chi connectivity index (χ1v) is 7.38. The molecule has 1 N–H and O–H groups in total. The van der Waals surface area contributed by atoms with Crippen molar-refractivity contribution in [2.75, 3.05) is 13.7 Å². The number of hydrogen-bond acceptors (Lipinski definition) is 4. The lowest BCUT2D eigenvalue weighted by Crippen LogP contribution is -2.23. The fourth-order valence-electron chi connectivity index (χ4n) is 2.17. The van der Waals surface area contributed by atoms with Crippen LogP contribution in [0.3, 0.4) is 0 Å². The van der Waals surface area contributed by atoms with Crippen LogP contribution in [0.4, 0.5) is 0 Å². The van der Waals surface area contributed by atoms with Crippen LogP contribution < -0.4 is 10.1 Å². The Morgan fingerprint density at radius 1 is 1.42 bits per heavy atom. The maximum absolute atomic E-state index is 5.52. The first-order valence-electron chi connectivity index (χ1n) is 6.51. The van der Waals surface area contributed by atoms with Crippen LogP contribution in [0.2, 0.25) is 0 Å². The molecule has 0 saturated carbocycles. The van der Waals surface area contributed by atoms with Gasteiger partial charge in [0.2, 0.25) is 0 Å². The third kappa shape index (κ3) is 3.55. The van der Waals surface area contributed by atoms with Crippen LogP contribution in [-0.4, -0.2) is 18.6 Å². The third-order valence-electron chi connectivity index (χ3n) is 3.08. The molecule has 19 heavy (non-hydrogen) atoms. The highest BCUT2D eigenvalue weighted by Gasteiger charge is 2.17. The Morgan fingerprint density at radius 3 is 2.89 bits per heavy atom. The van der Waals surface area contributed by atoms with E-state index in [0.717, 1.165) is 23.7 Å². The second-order valence-electron chi connectivity index (χ2n) is 4.49. The summed E-state index contributed by atoms with van der Waals surface area (Å²) in [4.78, 5) is 4.37. The van der Waals surface area contributed by atoms with Gasteiger partial charge in [0.25, 0.3) is 0 Å². The molecule has 2 aromatic rings. The van der Waals surface area contributed by atoms with Crippen molar-refractivity contribution in [2.24, 2.45) is 0 Å². The van der Waals surface area contributed by atoms with Gasteiger partial charge >= 0.3 is 0 Å². The van der Waals surface area contributed by atoms with Crippen LogP contribution in [0.15, 0.2) is 29.8 Å². The molecular formula is C15H20N2OS. The molecule has 0 radical (unpaired) electrons. The molecule has 0 spiro atoms. The summed E-state index contributed by atoms with van der Waals surface area (Å²) in [6.45, 7) is 5.12. The summed E-state index contributed by atoms with van der Waals surface area (Å²) in [6, 6.07) is 6.60. The van der Waals surface area contributed by atoms with Gasteiger partial charge in [0.15, 0.2) is 0 Å².